The third-order valence-corrected chi connectivity index (χ3v) is 3.15. The molecule has 78 valence electrons. The van der Waals surface area contributed by atoms with Crippen LogP contribution in [0.4, 0.5) is 0 Å². The zero-order valence-corrected chi connectivity index (χ0v) is 8.61. The molecule has 1 aliphatic rings. The number of nitroso groups, excluding NO2 is 1. The van der Waals surface area contributed by atoms with Gasteiger partial charge in [-0.3, -0.25) is 0 Å². The van der Waals surface area contributed by atoms with Crippen molar-refractivity contribution in [3.05, 3.63) is 17.6 Å². The minimum absolute atomic E-state index is 0.227. The van der Waals surface area contributed by atoms with Crippen molar-refractivity contribution in [2.75, 3.05) is 0 Å². The zero-order valence-electron chi connectivity index (χ0n) is 8.61. The van der Waals surface area contributed by atoms with Crippen LogP contribution in [0.25, 0.3) is 0 Å². The van der Waals surface area contributed by atoms with E-state index < -0.39 is 0 Å². The van der Waals surface area contributed by atoms with E-state index in [1.54, 1.807) is 13.0 Å². The number of nitrogens with zero attached hydrogens (tertiary/aromatic N) is 1. The molecular formula is C11H17NO2. The first-order valence-corrected chi connectivity index (χ1v) is 5.13. The molecule has 14 heavy (non-hydrogen) atoms. The van der Waals surface area contributed by atoms with Crippen molar-refractivity contribution in [1.29, 1.82) is 0 Å². The fourth-order valence-corrected chi connectivity index (χ4v) is 2.09. The normalized spacial score (nSPS) is 27.5. The molecule has 0 N–H and O–H groups in total. The minimum atomic E-state index is -0.249. The van der Waals surface area contributed by atoms with Gasteiger partial charge in [0.2, 0.25) is 0 Å². The van der Waals surface area contributed by atoms with Gasteiger partial charge in [-0.05, 0) is 38.0 Å². The van der Waals surface area contributed by atoms with Gasteiger partial charge in [0, 0.05) is 6.42 Å². The lowest BCUT2D eigenvalue weighted by Crippen LogP contribution is -2.34. The molecule has 0 aromatic rings. The summed E-state index contributed by atoms with van der Waals surface area (Å²) < 4.78 is 0. The van der Waals surface area contributed by atoms with Crippen LogP contribution in [-0.2, 0) is 4.79 Å². The highest BCUT2D eigenvalue weighted by Crippen LogP contribution is 2.41. The zero-order chi connectivity index (χ0) is 10.6. The van der Waals surface area contributed by atoms with E-state index >= 15 is 0 Å². The molecule has 0 aromatic heterocycles. The fourth-order valence-electron chi connectivity index (χ4n) is 2.09. The Labute approximate surface area is 84.5 Å². The lowest BCUT2D eigenvalue weighted by Gasteiger charge is -2.38. The first-order chi connectivity index (χ1) is 6.69. The molecule has 0 radical (unpaired) electrons. The Morgan fingerprint density at radius 1 is 1.64 bits per heavy atom. The van der Waals surface area contributed by atoms with E-state index in [0.717, 1.165) is 19.3 Å². The number of hydrogen-bond acceptors (Lipinski definition) is 3. The van der Waals surface area contributed by atoms with Gasteiger partial charge >= 0.3 is 0 Å². The first-order valence-electron chi connectivity index (χ1n) is 5.13. The molecule has 0 spiro atoms. The molecule has 1 saturated carbocycles. The summed E-state index contributed by atoms with van der Waals surface area (Å²) in [6.45, 7) is 5.21. The van der Waals surface area contributed by atoms with Crippen molar-refractivity contribution in [3.8, 4) is 0 Å². The van der Waals surface area contributed by atoms with Crippen molar-refractivity contribution >= 4 is 5.78 Å². The Bertz CT molecular complexity index is 229. The van der Waals surface area contributed by atoms with E-state index in [-0.39, 0.29) is 11.8 Å². The number of Topliss-reactive ketones (excluding diaryl/α,β-unsaturated/α-hetero) is 1. The Morgan fingerprint density at radius 2 is 2.36 bits per heavy atom. The largest absolute Gasteiger partial charge is 0.300 e. The Balaban J connectivity index is 2.37. The summed E-state index contributed by atoms with van der Waals surface area (Å²) in [5.74, 6) is 1.06. The lowest BCUT2D eigenvalue weighted by atomic mass is 9.68. The number of carbonyl (C=O) groups is 1. The summed E-state index contributed by atoms with van der Waals surface area (Å²) in [6.07, 6.45) is 5.32. The van der Waals surface area contributed by atoms with Crippen LogP contribution in [0, 0.1) is 16.7 Å². The van der Waals surface area contributed by atoms with Crippen LogP contribution in [0.15, 0.2) is 17.8 Å². The van der Waals surface area contributed by atoms with Crippen LogP contribution in [-0.4, -0.2) is 11.8 Å². The summed E-state index contributed by atoms with van der Waals surface area (Å²) in [7, 11) is 0. The SMILES string of the molecule is C=CC(N=O)C1CCC1CCC(C)=O. The number of ketones is 1. The van der Waals surface area contributed by atoms with Crippen molar-refractivity contribution < 1.29 is 4.79 Å². The second-order valence-electron chi connectivity index (χ2n) is 4.07. The number of carbonyl (C=O) groups excluding carboxylic acids is 1. The molecule has 0 bridgehead atoms. The molecule has 1 aliphatic carbocycles. The van der Waals surface area contributed by atoms with Crippen LogP contribution < -0.4 is 0 Å². The molecule has 0 aliphatic heterocycles. The Morgan fingerprint density at radius 3 is 2.71 bits per heavy atom. The molecule has 3 unspecified atom stereocenters. The van der Waals surface area contributed by atoms with Gasteiger partial charge in [-0.1, -0.05) is 11.3 Å². The minimum Gasteiger partial charge on any atom is -0.300 e. The van der Waals surface area contributed by atoms with E-state index in [0.29, 0.717) is 18.3 Å². The molecular weight excluding hydrogens is 178 g/mol. The maximum atomic E-state index is 10.8. The summed E-state index contributed by atoms with van der Waals surface area (Å²) in [6, 6.07) is -0.249. The van der Waals surface area contributed by atoms with Gasteiger partial charge in [0.05, 0.1) is 0 Å². The van der Waals surface area contributed by atoms with E-state index in [2.05, 4.69) is 11.8 Å². The monoisotopic (exact) mass is 195 g/mol. The van der Waals surface area contributed by atoms with Crippen molar-refractivity contribution in [2.24, 2.45) is 17.0 Å². The second kappa shape index (κ2) is 5.03. The van der Waals surface area contributed by atoms with Gasteiger partial charge in [-0.25, -0.2) is 0 Å². The average Bonchev–Trinajstić information content (AvgIpc) is 2.11. The molecule has 0 heterocycles. The van der Waals surface area contributed by atoms with Gasteiger partial charge in [0.15, 0.2) is 0 Å². The average molecular weight is 195 g/mol. The Hall–Kier alpha value is -0.990. The summed E-state index contributed by atoms with van der Waals surface area (Å²) >= 11 is 0. The van der Waals surface area contributed by atoms with Crippen LogP contribution in [0.2, 0.25) is 0 Å². The van der Waals surface area contributed by atoms with Gasteiger partial charge in [0.1, 0.15) is 11.8 Å². The smallest absolute Gasteiger partial charge is 0.129 e. The summed E-state index contributed by atoms with van der Waals surface area (Å²) in [4.78, 5) is 21.3. The van der Waals surface area contributed by atoms with Crippen LogP contribution in [0.1, 0.15) is 32.6 Å². The maximum absolute atomic E-state index is 10.8. The molecule has 1 fully saturated rings. The van der Waals surface area contributed by atoms with E-state index in [1.165, 1.54) is 0 Å². The number of rotatable bonds is 6. The second-order valence-corrected chi connectivity index (χ2v) is 4.07. The molecule has 3 heteroatoms. The van der Waals surface area contributed by atoms with Gasteiger partial charge in [0.25, 0.3) is 0 Å². The van der Waals surface area contributed by atoms with Crippen molar-refractivity contribution in [2.45, 2.75) is 38.6 Å². The van der Waals surface area contributed by atoms with Gasteiger partial charge in [-0.15, -0.1) is 6.58 Å². The maximum Gasteiger partial charge on any atom is 0.129 e. The standard InChI is InChI=1S/C11H17NO2/c1-3-11(12-14)10-7-6-9(10)5-4-8(2)13/h3,9-11H,1,4-7H2,2H3. The molecule has 1 rings (SSSR count). The van der Waals surface area contributed by atoms with Crippen molar-refractivity contribution in [3.63, 3.8) is 0 Å². The quantitative estimate of drug-likeness (QED) is 0.483. The third-order valence-electron chi connectivity index (χ3n) is 3.15. The molecule has 0 aromatic carbocycles. The predicted octanol–water partition coefficient (Wildman–Crippen LogP) is 2.70. The Kier molecular flexibility index (Phi) is 3.98. The number of hydrogen-bond donors (Lipinski definition) is 0. The molecule has 0 amide bonds. The fraction of sp³-hybridized carbons (Fsp3) is 0.727. The van der Waals surface area contributed by atoms with Gasteiger partial charge in [-0.2, -0.15) is 4.91 Å². The first kappa shape index (κ1) is 11.1. The predicted molar refractivity (Wildman–Crippen MR) is 55.9 cm³/mol. The van der Waals surface area contributed by atoms with Crippen LogP contribution in [0.3, 0.4) is 0 Å². The van der Waals surface area contributed by atoms with E-state index in [9.17, 15) is 9.70 Å². The highest BCUT2D eigenvalue weighted by atomic mass is 16.3. The molecule has 3 atom stereocenters. The lowest BCUT2D eigenvalue weighted by molar-refractivity contribution is -0.117. The molecule has 0 saturated heterocycles. The highest BCUT2D eigenvalue weighted by Gasteiger charge is 2.36. The summed E-state index contributed by atoms with van der Waals surface area (Å²) in [5, 5.41) is 3.05. The van der Waals surface area contributed by atoms with Crippen LogP contribution in [0.5, 0.6) is 0 Å². The van der Waals surface area contributed by atoms with E-state index in [4.69, 9.17) is 0 Å². The van der Waals surface area contributed by atoms with Crippen LogP contribution >= 0.6 is 0 Å². The van der Waals surface area contributed by atoms with Gasteiger partial charge < -0.3 is 4.79 Å². The molecule has 3 nitrogen and oxygen atoms in total. The highest BCUT2D eigenvalue weighted by molar-refractivity contribution is 5.75. The van der Waals surface area contributed by atoms with E-state index in [1.807, 2.05) is 0 Å². The third kappa shape index (κ3) is 2.50. The summed E-state index contributed by atoms with van der Waals surface area (Å²) in [5.41, 5.74) is 0. The topological polar surface area (TPSA) is 46.5 Å². The van der Waals surface area contributed by atoms with Crippen molar-refractivity contribution in [1.82, 2.24) is 0 Å².